The van der Waals surface area contributed by atoms with Gasteiger partial charge < -0.3 is 10.2 Å². The molecule has 2 heteroatoms. The smallest absolute Gasteiger partial charge is 0.0567 e. The molecule has 0 bridgehead atoms. The van der Waals surface area contributed by atoms with Crippen molar-refractivity contribution in [2.45, 2.75) is 44.8 Å². The first-order valence-corrected chi connectivity index (χ1v) is 4.08. The molecule has 2 unspecified atom stereocenters. The van der Waals surface area contributed by atoms with Gasteiger partial charge in [0.25, 0.3) is 0 Å². The SMILES string of the molecule is CCC1CC(O)CC(O)C1. The van der Waals surface area contributed by atoms with Crippen LogP contribution in [-0.4, -0.2) is 22.4 Å². The summed E-state index contributed by atoms with van der Waals surface area (Å²) in [6.07, 6.45) is 2.91. The van der Waals surface area contributed by atoms with Crippen molar-refractivity contribution < 1.29 is 10.2 Å². The fourth-order valence-corrected chi connectivity index (χ4v) is 1.71. The van der Waals surface area contributed by atoms with Gasteiger partial charge in [0.05, 0.1) is 12.2 Å². The fourth-order valence-electron chi connectivity index (χ4n) is 1.71. The summed E-state index contributed by atoms with van der Waals surface area (Å²) in [5.74, 6) is 0.541. The molecule has 1 aliphatic carbocycles. The molecular weight excluding hydrogens is 128 g/mol. The zero-order chi connectivity index (χ0) is 7.56. The lowest BCUT2D eigenvalue weighted by Crippen LogP contribution is -2.29. The molecule has 60 valence electrons. The predicted molar refractivity (Wildman–Crippen MR) is 39.6 cm³/mol. The lowest BCUT2D eigenvalue weighted by molar-refractivity contribution is 0.0135. The standard InChI is InChI=1S/C8H16O2/c1-2-6-3-7(9)5-8(10)4-6/h6-10H,2-5H2,1H3. The lowest BCUT2D eigenvalue weighted by Gasteiger charge is -2.28. The van der Waals surface area contributed by atoms with Gasteiger partial charge in [0, 0.05) is 0 Å². The van der Waals surface area contributed by atoms with E-state index in [2.05, 4.69) is 6.92 Å². The summed E-state index contributed by atoms with van der Waals surface area (Å²) >= 11 is 0. The first kappa shape index (κ1) is 8.02. The van der Waals surface area contributed by atoms with E-state index >= 15 is 0 Å². The van der Waals surface area contributed by atoms with Crippen molar-refractivity contribution in [3.8, 4) is 0 Å². The minimum atomic E-state index is -0.256. The topological polar surface area (TPSA) is 40.5 Å². The van der Waals surface area contributed by atoms with E-state index in [9.17, 15) is 10.2 Å². The maximum atomic E-state index is 9.22. The summed E-state index contributed by atoms with van der Waals surface area (Å²) in [7, 11) is 0. The highest BCUT2D eigenvalue weighted by Gasteiger charge is 2.24. The van der Waals surface area contributed by atoms with Crippen molar-refractivity contribution in [2.24, 2.45) is 5.92 Å². The Morgan fingerprint density at radius 2 is 1.60 bits per heavy atom. The van der Waals surface area contributed by atoms with Crippen LogP contribution in [0.2, 0.25) is 0 Å². The molecular formula is C8H16O2. The molecule has 0 spiro atoms. The largest absolute Gasteiger partial charge is 0.393 e. The summed E-state index contributed by atoms with van der Waals surface area (Å²) in [6, 6.07) is 0. The molecule has 0 radical (unpaired) electrons. The molecule has 0 aromatic carbocycles. The summed E-state index contributed by atoms with van der Waals surface area (Å²) in [6.45, 7) is 2.11. The monoisotopic (exact) mass is 144 g/mol. The first-order chi connectivity index (χ1) is 4.72. The Bertz CT molecular complexity index is 93.4. The normalized spacial score (nSPS) is 41.7. The lowest BCUT2D eigenvalue weighted by atomic mass is 9.84. The summed E-state index contributed by atoms with van der Waals surface area (Å²) in [5.41, 5.74) is 0. The van der Waals surface area contributed by atoms with Crippen molar-refractivity contribution in [1.82, 2.24) is 0 Å². The third kappa shape index (κ3) is 1.96. The van der Waals surface area contributed by atoms with Crippen LogP contribution in [0.1, 0.15) is 32.6 Å². The highest BCUT2D eigenvalue weighted by molar-refractivity contribution is 4.76. The van der Waals surface area contributed by atoms with Crippen LogP contribution in [0.5, 0.6) is 0 Å². The molecule has 0 aromatic rings. The second-order valence-electron chi connectivity index (χ2n) is 3.29. The zero-order valence-corrected chi connectivity index (χ0v) is 6.45. The van der Waals surface area contributed by atoms with Crippen molar-refractivity contribution in [3.63, 3.8) is 0 Å². The highest BCUT2D eigenvalue weighted by atomic mass is 16.3. The van der Waals surface area contributed by atoms with Crippen LogP contribution in [0.3, 0.4) is 0 Å². The molecule has 2 N–H and O–H groups in total. The van der Waals surface area contributed by atoms with Crippen molar-refractivity contribution >= 4 is 0 Å². The number of hydrogen-bond acceptors (Lipinski definition) is 2. The van der Waals surface area contributed by atoms with Crippen LogP contribution >= 0.6 is 0 Å². The minimum Gasteiger partial charge on any atom is -0.393 e. The van der Waals surface area contributed by atoms with Gasteiger partial charge in [0.2, 0.25) is 0 Å². The molecule has 0 amide bonds. The maximum absolute atomic E-state index is 9.22. The molecule has 1 fully saturated rings. The van der Waals surface area contributed by atoms with Crippen molar-refractivity contribution in [2.75, 3.05) is 0 Å². The molecule has 10 heavy (non-hydrogen) atoms. The summed E-state index contributed by atoms with van der Waals surface area (Å²) in [5, 5.41) is 18.4. The Labute approximate surface area is 61.9 Å². The van der Waals surface area contributed by atoms with E-state index in [1.54, 1.807) is 0 Å². The van der Waals surface area contributed by atoms with E-state index in [1.807, 2.05) is 0 Å². The van der Waals surface area contributed by atoms with Gasteiger partial charge in [0.1, 0.15) is 0 Å². The molecule has 1 aliphatic rings. The highest BCUT2D eigenvalue weighted by Crippen LogP contribution is 2.26. The van der Waals surface area contributed by atoms with Gasteiger partial charge in [-0.2, -0.15) is 0 Å². The number of rotatable bonds is 1. The third-order valence-corrected chi connectivity index (χ3v) is 2.33. The van der Waals surface area contributed by atoms with Crippen LogP contribution in [0, 0.1) is 5.92 Å². The minimum absolute atomic E-state index is 0.256. The van der Waals surface area contributed by atoms with E-state index in [-0.39, 0.29) is 12.2 Å². The first-order valence-electron chi connectivity index (χ1n) is 4.08. The quantitative estimate of drug-likeness (QED) is 0.574. The van der Waals surface area contributed by atoms with E-state index in [4.69, 9.17) is 0 Å². The van der Waals surface area contributed by atoms with Crippen LogP contribution < -0.4 is 0 Å². The van der Waals surface area contributed by atoms with Gasteiger partial charge in [-0.1, -0.05) is 13.3 Å². The van der Waals surface area contributed by atoms with Crippen LogP contribution in [0.15, 0.2) is 0 Å². The Balaban J connectivity index is 2.35. The molecule has 0 aliphatic heterocycles. The predicted octanol–water partition coefficient (Wildman–Crippen LogP) is 0.918. The van der Waals surface area contributed by atoms with Crippen molar-refractivity contribution in [3.05, 3.63) is 0 Å². The Kier molecular flexibility index (Phi) is 2.69. The van der Waals surface area contributed by atoms with Gasteiger partial charge in [-0.3, -0.25) is 0 Å². The summed E-state index contributed by atoms with van der Waals surface area (Å²) in [4.78, 5) is 0. The van der Waals surface area contributed by atoms with Crippen molar-refractivity contribution in [1.29, 1.82) is 0 Å². The number of hydrogen-bond donors (Lipinski definition) is 2. The van der Waals surface area contributed by atoms with E-state index < -0.39 is 0 Å². The molecule has 0 heterocycles. The number of aliphatic hydroxyl groups is 2. The van der Waals surface area contributed by atoms with Gasteiger partial charge in [0.15, 0.2) is 0 Å². The molecule has 1 saturated carbocycles. The average molecular weight is 144 g/mol. The van der Waals surface area contributed by atoms with E-state index in [0.29, 0.717) is 12.3 Å². The van der Waals surface area contributed by atoms with Gasteiger partial charge in [-0.25, -0.2) is 0 Å². The Morgan fingerprint density at radius 1 is 1.10 bits per heavy atom. The molecule has 1 rings (SSSR count). The van der Waals surface area contributed by atoms with Gasteiger partial charge in [-0.15, -0.1) is 0 Å². The fraction of sp³-hybridized carbons (Fsp3) is 1.00. The molecule has 2 atom stereocenters. The van der Waals surface area contributed by atoms with Gasteiger partial charge >= 0.3 is 0 Å². The van der Waals surface area contributed by atoms with Crippen LogP contribution in [0.4, 0.5) is 0 Å². The second-order valence-corrected chi connectivity index (χ2v) is 3.29. The van der Waals surface area contributed by atoms with E-state index in [1.165, 1.54) is 0 Å². The van der Waals surface area contributed by atoms with Crippen LogP contribution in [0.25, 0.3) is 0 Å². The average Bonchev–Trinajstić information content (AvgIpc) is 1.85. The number of aliphatic hydroxyl groups excluding tert-OH is 2. The third-order valence-electron chi connectivity index (χ3n) is 2.33. The Hall–Kier alpha value is -0.0800. The second kappa shape index (κ2) is 3.35. The van der Waals surface area contributed by atoms with Crippen LogP contribution in [-0.2, 0) is 0 Å². The van der Waals surface area contributed by atoms with Gasteiger partial charge in [-0.05, 0) is 25.2 Å². The zero-order valence-electron chi connectivity index (χ0n) is 6.45. The maximum Gasteiger partial charge on any atom is 0.0567 e. The summed E-state index contributed by atoms with van der Waals surface area (Å²) < 4.78 is 0. The molecule has 2 nitrogen and oxygen atoms in total. The molecule has 0 saturated heterocycles. The Morgan fingerprint density at radius 3 is 2.00 bits per heavy atom. The molecule has 0 aromatic heterocycles. The van der Waals surface area contributed by atoms with E-state index in [0.717, 1.165) is 19.3 Å².